The van der Waals surface area contributed by atoms with Crippen molar-refractivity contribution in [3.05, 3.63) is 33.1 Å². The van der Waals surface area contributed by atoms with Crippen molar-refractivity contribution in [2.75, 3.05) is 24.7 Å². The van der Waals surface area contributed by atoms with Crippen molar-refractivity contribution >= 4 is 62.9 Å². The van der Waals surface area contributed by atoms with Crippen molar-refractivity contribution in [3.8, 4) is 0 Å². The van der Waals surface area contributed by atoms with Crippen molar-refractivity contribution in [2.24, 2.45) is 0 Å². The number of carboxylic acids is 1. The molecule has 9 nitrogen and oxygen atoms in total. The third-order valence-corrected chi connectivity index (χ3v) is 7.76. The number of carbonyl (C=O) groups excluding carboxylic acids is 3. The number of carbonyl (C=O) groups is 3. The van der Waals surface area contributed by atoms with Gasteiger partial charge in [-0.15, -0.1) is 33.3 Å². The molecular formula is C17H16N5NaO4S3. The Bertz CT molecular complexity index is 1010. The second-order valence-corrected chi connectivity index (χ2v) is 9.70. The Kier molecular flexibility index (Phi) is 7.25. The maximum Gasteiger partial charge on any atom is 1.00 e. The maximum absolute atomic E-state index is 12.7. The number of anilines is 1. The number of fused-ring (bicyclic) bond motifs is 1. The van der Waals surface area contributed by atoms with Crippen molar-refractivity contribution in [1.29, 1.82) is 0 Å². The van der Waals surface area contributed by atoms with Crippen molar-refractivity contribution in [1.82, 2.24) is 20.4 Å². The van der Waals surface area contributed by atoms with E-state index >= 15 is 0 Å². The summed E-state index contributed by atoms with van der Waals surface area (Å²) in [4.78, 5) is 40.6. The number of nitrogens with zero attached hydrogens (tertiary/aromatic N) is 4. The van der Waals surface area contributed by atoms with Crippen LogP contribution in [0.25, 0.3) is 5.57 Å². The summed E-state index contributed by atoms with van der Waals surface area (Å²) >= 11 is 4.10. The van der Waals surface area contributed by atoms with Crippen LogP contribution in [0.4, 0.5) is 5.13 Å². The molecule has 0 radical (unpaired) electrons. The van der Waals surface area contributed by atoms with Gasteiger partial charge in [-0.3, -0.25) is 14.5 Å². The molecule has 30 heavy (non-hydrogen) atoms. The second kappa shape index (κ2) is 9.37. The van der Waals surface area contributed by atoms with E-state index in [9.17, 15) is 19.5 Å². The SMILES string of the molecule is CN(C)c1nnc(C2=C(C(=O)[O-])N3C(=O)C(NC(=O)Cc4cccs4)[C@@H]3SC2)s1.[Na+]. The Hall–Kier alpha value is -1.44. The molecule has 2 amide bonds. The molecule has 1 fully saturated rings. The average molecular weight is 474 g/mol. The number of aromatic nitrogens is 2. The van der Waals surface area contributed by atoms with Crippen LogP contribution in [0, 0.1) is 0 Å². The van der Waals surface area contributed by atoms with Gasteiger partial charge in [0.15, 0.2) is 0 Å². The summed E-state index contributed by atoms with van der Waals surface area (Å²) in [6.45, 7) is 0. The molecule has 2 atom stereocenters. The van der Waals surface area contributed by atoms with Crippen LogP contribution in [0.2, 0.25) is 0 Å². The standard InChI is InChI=1S/C17H17N5O4S3.Na/c1-21(2)17-20-19-13(29-17)9-7-28-15-11(14(24)22(15)12(9)16(25)26)18-10(23)6-8-4-3-5-27-8;/h3-5,11,15H,6-7H2,1-2H3,(H,18,23)(H,25,26);/q;+1/p-1/t11?,15-;/m0./s1. The summed E-state index contributed by atoms with van der Waals surface area (Å²) in [5.41, 5.74) is 0.220. The number of hydrogen-bond donors (Lipinski definition) is 1. The molecule has 0 saturated carbocycles. The third-order valence-electron chi connectivity index (χ3n) is 4.45. The van der Waals surface area contributed by atoms with E-state index in [4.69, 9.17) is 0 Å². The molecule has 0 aliphatic carbocycles. The number of β-lactam (4-membered cyclic amide) rings is 1. The summed E-state index contributed by atoms with van der Waals surface area (Å²) in [5, 5.41) is 25.1. The molecule has 2 aliphatic rings. The number of carboxylic acid groups (broad SMARTS) is 1. The number of rotatable bonds is 6. The fourth-order valence-electron chi connectivity index (χ4n) is 3.09. The van der Waals surface area contributed by atoms with E-state index in [1.165, 1.54) is 39.3 Å². The molecule has 2 aromatic heterocycles. The Labute approximate surface area is 206 Å². The maximum atomic E-state index is 12.7. The third kappa shape index (κ3) is 4.30. The molecule has 152 valence electrons. The number of nitrogens with one attached hydrogen (secondary N) is 1. The minimum Gasteiger partial charge on any atom is -0.543 e. The van der Waals surface area contributed by atoms with Gasteiger partial charge in [-0.05, 0) is 11.4 Å². The fraction of sp³-hybridized carbons (Fsp3) is 0.353. The first-order valence-electron chi connectivity index (χ1n) is 8.59. The first-order valence-corrected chi connectivity index (χ1v) is 11.3. The summed E-state index contributed by atoms with van der Waals surface area (Å²) < 4.78 is 0. The van der Waals surface area contributed by atoms with Crippen molar-refractivity contribution in [2.45, 2.75) is 17.8 Å². The normalized spacial score (nSPS) is 20.2. The molecule has 2 aromatic rings. The van der Waals surface area contributed by atoms with Gasteiger partial charge in [-0.2, -0.15) is 0 Å². The van der Waals surface area contributed by atoms with Gasteiger partial charge >= 0.3 is 29.6 Å². The Morgan fingerprint density at radius 3 is 2.73 bits per heavy atom. The Balaban J connectivity index is 0.00000256. The van der Waals surface area contributed by atoms with Crippen molar-refractivity contribution in [3.63, 3.8) is 0 Å². The minimum absolute atomic E-state index is 0. The van der Waals surface area contributed by atoms with Gasteiger partial charge in [-0.25, -0.2) is 0 Å². The van der Waals surface area contributed by atoms with Crippen molar-refractivity contribution < 1.29 is 49.0 Å². The smallest absolute Gasteiger partial charge is 0.543 e. The predicted octanol–water partition coefficient (Wildman–Crippen LogP) is -3.23. The van der Waals surface area contributed by atoms with Crippen LogP contribution in [0.15, 0.2) is 23.2 Å². The molecule has 4 rings (SSSR count). The van der Waals surface area contributed by atoms with E-state index in [1.54, 1.807) is 4.90 Å². The van der Waals surface area contributed by atoms with Crippen LogP contribution >= 0.6 is 34.4 Å². The number of amides is 2. The van der Waals surface area contributed by atoms with Crippen LogP contribution < -0.4 is 44.9 Å². The first-order chi connectivity index (χ1) is 13.9. The zero-order valence-corrected chi connectivity index (χ0v) is 20.9. The average Bonchev–Trinajstić information content (AvgIpc) is 3.36. The molecular weight excluding hydrogens is 457 g/mol. The predicted molar refractivity (Wildman–Crippen MR) is 109 cm³/mol. The van der Waals surface area contributed by atoms with E-state index < -0.39 is 23.3 Å². The van der Waals surface area contributed by atoms with E-state index in [-0.39, 0.29) is 47.6 Å². The fourth-order valence-corrected chi connectivity index (χ4v) is 6.04. The number of aliphatic carboxylic acids is 1. The number of thioether (sulfide) groups is 1. The number of thiophene rings is 1. The van der Waals surface area contributed by atoms with Gasteiger partial charge < -0.3 is 20.1 Å². The zero-order chi connectivity index (χ0) is 20.7. The Morgan fingerprint density at radius 2 is 2.13 bits per heavy atom. The Morgan fingerprint density at radius 1 is 1.37 bits per heavy atom. The van der Waals surface area contributed by atoms with Crippen LogP contribution in [0.5, 0.6) is 0 Å². The minimum atomic E-state index is -1.44. The van der Waals surface area contributed by atoms with Gasteiger partial charge in [0.05, 0.1) is 18.1 Å². The van der Waals surface area contributed by atoms with Gasteiger partial charge in [0.2, 0.25) is 11.0 Å². The topological polar surface area (TPSA) is 119 Å². The second-order valence-electron chi connectivity index (χ2n) is 6.61. The molecule has 0 spiro atoms. The largest absolute Gasteiger partial charge is 1.00 e. The van der Waals surface area contributed by atoms with E-state index in [0.717, 1.165) is 4.88 Å². The van der Waals surface area contributed by atoms with Gasteiger partial charge in [0, 0.05) is 30.3 Å². The van der Waals surface area contributed by atoms with E-state index in [1.807, 2.05) is 31.6 Å². The van der Waals surface area contributed by atoms with Gasteiger partial charge in [0.25, 0.3) is 5.91 Å². The molecule has 2 aliphatic heterocycles. The molecule has 1 N–H and O–H groups in total. The van der Waals surface area contributed by atoms with Gasteiger partial charge in [0.1, 0.15) is 16.4 Å². The van der Waals surface area contributed by atoms with Crippen LogP contribution in [-0.2, 0) is 20.8 Å². The van der Waals surface area contributed by atoms with Crippen LogP contribution in [0.1, 0.15) is 9.88 Å². The summed E-state index contributed by atoms with van der Waals surface area (Å²) in [6.07, 6.45) is 0.186. The van der Waals surface area contributed by atoms with E-state index in [0.29, 0.717) is 21.5 Å². The summed E-state index contributed by atoms with van der Waals surface area (Å²) in [7, 11) is 3.62. The summed E-state index contributed by atoms with van der Waals surface area (Å²) in [6, 6.07) is 2.95. The molecule has 13 heteroatoms. The van der Waals surface area contributed by atoms with E-state index in [2.05, 4.69) is 15.5 Å². The van der Waals surface area contributed by atoms with Crippen LogP contribution in [-0.4, -0.2) is 64.1 Å². The quantitative estimate of drug-likeness (QED) is 0.344. The molecule has 4 heterocycles. The van der Waals surface area contributed by atoms with Crippen LogP contribution in [0.3, 0.4) is 0 Å². The molecule has 0 aromatic carbocycles. The monoisotopic (exact) mass is 473 g/mol. The first kappa shape index (κ1) is 23.2. The van der Waals surface area contributed by atoms with Gasteiger partial charge in [-0.1, -0.05) is 17.4 Å². The number of hydrogen-bond acceptors (Lipinski definition) is 10. The zero-order valence-electron chi connectivity index (χ0n) is 16.4. The molecule has 1 unspecified atom stereocenters. The summed E-state index contributed by atoms with van der Waals surface area (Å²) in [5.74, 6) is -1.84. The molecule has 0 bridgehead atoms. The molecule has 1 saturated heterocycles.